The summed E-state index contributed by atoms with van der Waals surface area (Å²) in [6.07, 6.45) is 5.24. The summed E-state index contributed by atoms with van der Waals surface area (Å²) in [7, 11) is 2.09. The molecule has 0 aliphatic heterocycles. The summed E-state index contributed by atoms with van der Waals surface area (Å²) in [6, 6.07) is 0. The fourth-order valence-corrected chi connectivity index (χ4v) is 1.35. The van der Waals surface area contributed by atoms with Crippen molar-refractivity contribution >= 4 is 17.2 Å². The third kappa shape index (κ3) is 9.89. The zero-order valence-corrected chi connectivity index (χ0v) is 9.85. The maximum Gasteiger partial charge on any atom is 0.0740 e. The zero-order chi connectivity index (χ0) is 10.8. The van der Waals surface area contributed by atoms with Crippen molar-refractivity contribution in [1.82, 2.24) is 4.90 Å². The maximum absolute atomic E-state index is 8.58. The molecule has 0 radical (unpaired) electrons. The number of aliphatic hydroxyl groups excluding tert-OH is 1. The van der Waals surface area contributed by atoms with Crippen molar-refractivity contribution in [1.29, 1.82) is 0 Å². The predicted molar refractivity (Wildman–Crippen MR) is 64.5 cm³/mol. The van der Waals surface area contributed by atoms with E-state index in [0.717, 1.165) is 32.4 Å². The van der Waals surface area contributed by atoms with E-state index in [1.807, 2.05) is 0 Å². The van der Waals surface area contributed by atoms with E-state index in [1.54, 1.807) is 0 Å². The van der Waals surface area contributed by atoms with Crippen LogP contribution in [0.15, 0.2) is 0 Å². The number of nitrogens with zero attached hydrogens (tertiary/aromatic N) is 1. The van der Waals surface area contributed by atoms with Gasteiger partial charge in [0.25, 0.3) is 0 Å². The molecule has 0 spiro atoms. The minimum atomic E-state index is 0.317. The van der Waals surface area contributed by atoms with Crippen LogP contribution in [-0.4, -0.2) is 41.7 Å². The van der Waals surface area contributed by atoms with Gasteiger partial charge in [0.2, 0.25) is 0 Å². The highest BCUT2D eigenvalue weighted by Crippen LogP contribution is 2.00. The Morgan fingerprint density at radius 2 is 1.86 bits per heavy atom. The lowest BCUT2D eigenvalue weighted by molar-refractivity contribution is 0.278. The van der Waals surface area contributed by atoms with Gasteiger partial charge in [0.05, 0.1) is 4.99 Å². The molecule has 14 heavy (non-hydrogen) atoms. The first-order valence-electron chi connectivity index (χ1n) is 5.24. The Hall–Kier alpha value is -0.190. The molecule has 0 saturated heterocycles. The highest BCUT2D eigenvalue weighted by Gasteiger charge is 1.98. The van der Waals surface area contributed by atoms with Crippen molar-refractivity contribution in [3.8, 4) is 0 Å². The third-order valence-corrected chi connectivity index (χ3v) is 2.39. The molecule has 84 valence electrons. The van der Waals surface area contributed by atoms with Gasteiger partial charge in [-0.25, -0.2) is 0 Å². The maximum atomic E-state index is 8.58. The SMILES string of the molecule is CN(CCCCCCO)CCC(N)=S. The van der Waals surface area contributed by atoms with E-state index >= 15 is 0 Å². The predicted octanol–water partition coefficient (Wildman–Crippen LogP) is 1.15. The molecule has 0 atom stereocenters. The Labute approximate surface area is 92.3 Å². The van der Waals surface area contributed by atoms with Gasteiger partial charge in [0.15, 0.2) is 0 Å². The lowest BCUT2D eigenvalue weighted by Gasteiger charge is -2.15. The van der Waals surface area contributed by atoms with Gasteiger partial charge >= 0.3 is 0 Å². The van der Waals surface area contributed by atoms with Gasteiger partial charge in [0.1, 0.15) is 0 Å². The summed E-state index contributed by atoms with van der Waals surface area (Å²) in [5, 5.41) is 8.58. The molecule has 0 rings (SSSR count). The molecule has 0 aliphatic carbocycles. The van der Waals surface area contributed by atoms with Crippen LogP contribution in [0.2, 0.25) is 0 Å². The molecule has 0 bridgehead atoms. The second-order valence-electron chi connectivity index (χ2n) is 3.66. The summed E-state index contributed by atoms with van der Waals surface area (Å²) in [4.78, 5) is 2.84. The molecule has 3 N–H and O–H groups in total. The second-order valence-corrected chi connectivity index (χ2v) is 4.18. The molecule has 0 aliphatic rings. The van der Waals surface area contributed by atoms with Crippen molar-refractivity contribution in [2.75, 3.05) is 26.7 Å². The number of hydrogen-bond donors (Lipinski definition) is 2. The summed E-state index contributed by atoms with van der Waals surface area (Å²) < 4.78 is 0. The average Bonchev–Trinajstić information content (AvgIpc) is 2.14. The fraction of sp³-hybridized carbons (Fsp3) is 0.900. The lowest BCUT2D eigenvalue weighted by Crippen LogP contribution is -2.24. The Morgan fingerprint density at radius 3 is 2.43 bits per heavy atom. The Morgan fingerprint density at radius 1 is 1.21 bits per heavy atom. The number of aliphatic hydroxyl groups is 1. The molecular formula is C10H22N2OS. The molecule has 0 saturated carbocycles. The van der Waals surface area contributed by atoms with Gasteiger partial charge < -0.3 is 15.7 Å². The Kier molecular flexibility index (Phi) is 9.24. The largest absolute Gasteiger partial charge is 0.396 e. The van der Waals surface area contributed by atoms with Crippen molar-refractivity contribution in [3.05, 3.63) is 0 Å². The molecule has 0 amide bonds. The lowest BCUT2D eigenvalue weighted by atomic mass is 10.2. The first-order chi connectivity index (χ1) is 6.66. The van der Waals surface area contributed by atoms with Crippen LogP contribution in [0.25, 0.3) is 0 Å². The molecule has 0 aromatic heterocycles. The van der Waals surface area contributed by atoms with E-state index in [-0.39, 0.29) is 0 Å². The number of nitrogens with two attached hydrogens (primary N) is 1. The van der Waals surface area contributed by atoms with Crippen LogP contribution in [0.5, 0.6) is 0 Å². The quantitative estimate of drug-likeness (QED) is 0.450. The van der Waals surface area contributed by atoms with E-state index in [9.17, 15) is 0 Å². The standard InChI is InChI=1S/C10H22N2OS/c1-12(8-6-10(11)14)7-4-2-3-5-9-13/h13H,2-9H2,1H3,(H2,11,14). The summed E-state index contributed by atoms with van der Waals surface area (Å²) in [6.45, 7) is 2.36. The van der Waals surface area contributed by atoms with Crippen LogP contribution < -0.4 is 5.73 Å². The summed E-state index contributed by atoms with van der Waals surface area (Å²) in [5.74, 6) is 0. The minimum Gasteiger partial charge on any atom is -0.396 e. The summed E-state index contributed by atoms with van der Waals surface area (Å²) >= 11 is 4.81. The van der Waals surface area contributed by atoms with Crippen molar-refractivity contribution in [3.63, 3.8) is 0 Å². The molecule has 0 aromatic rings. The first-order valence-corrected chi connectivity index (χ1v) is 5.65. The highest BCUT2D eigenvalue weighted by molar-refractivity contribution is 7.80. The van der Waals surface area contributed by atoms with Gasteiger partial charge in [-0.2, -0.15) is 0 Å². The van der Waals surface area contributed by atoms with Gasteiger partial charge in [-0.3, -0.25) is 0 Å². The molecule has 0 unspecified atom stereocenters. The van der Waals surface area contributed by atoms with Gasteiger partial charge in [-0.15, -0.1) is 0 Å². The van der Waals surface area contributed by atoms with E-state index in [2.05, 4.69) is 11.9 Å². The van der Waals surface area contributed by atoms with Crippen LogP contribution in [0.4, 0.5) is 0 Å². The topological polar surface area (TPSA) is 49.5 Å². The molecule has 4 heteroatoms. The van der Waals surface area contributed by atoms with E-state index in [0.29, 0.717) is 11.6 Å². The van der Waals surface area contributed by atoms with E-state index in [4.69, 9.17) is 23.1 Å². The third-order valence-electron chi connectivity index (χ3n) is 2.19. The average molecular weight is 218 g/mol. The van der Waals surface area contributed by atoms with E-state index < -0.39 is 0 Å². The molecule has 3 nitrogen and oxygen atoms in total. The molecule has 0 aromatic carbocycles. The monoisotopic (exact) mass is 218 g/mol. The normalized spacial score (nSPS) is 10.8. The smallest absolute Gasteiger partial charge is 0.0740 e. The van der Waals surface area contributed by atoms with Crippen molar-refractivity contribution in [2.45, 2.75) is 32.1 Å². The number of thiocarbonyl (C=S) groups is 1. The first kappa shape index (κ1) is 13.8. The van der Waals surface area contributed by atoms with Crippen molar-refractivity contribution in [2.24, 2.45) is 5.73 Å². The highest BCUT2D eigenvalue weighted by atomic mass is 32.1. The van der Waals surface area contributed by atoms with Crippen LogP contribution in [0.3, 0.4) is 0 Å². The van der Waals surface area contributed by atoms with E-state index in [1.165, 1.54) is 12.8 Å². The number of rotatable bonds is 9. The number of unbranched alkanes of at least 4 members (excludes halogenated alkanes) is 3. The second kappa shape index (κ2) is 9.37. The molecule has 0 heterocycles. The fourth-order valence-electron chi connectivity index (χ4n) is 1.26. The van der Waals surface area contributed by atoms with Gasteiger partial charge in [0, 0.05) is 19.6 Å². The number of hydrogen-bond acceptors (Lipinski definition) is 3. The Bertz CT molecular complexity index is 153. The van der Waals surface area contributed by atoms with Crippen molar-refractivity contribution < 1.29 is 5.11 Å². The minimum absolute atomic E-state index is 0.317. The van der Waals surface area contributed by atoms with Crippen LogP contribution >= 0.6 is 12.2 Å². The van der Waals surface area contributed by atoms with Gasteiger partial charge in [-0.1, -0.05) is 25.1 Å². The van der Waals surface area contributed by atoms with Crippen LogP contribution in [0, 0.1) is 0 Å². The molecule has 0 fully saturated rings. The molecular weight excluding hydrogens is 196 g/mol. The zero-order valence-electron chi connectivity index (χ0n) is 9.04. The van der Waals surface area contributed by atoms with Gasteiger partial charge in [-0.05, 0) is 26.4 Å². The van der Waals surface area contributed by atoms with Crippen LogP contribution in [0.1, 0.15) is 32.1 Å². The summed E-state index contributed by atoms with van der Waals surface area (Å²) in [5.41, 5.74) is 5.41. The van der Waals surface area contributed by atoms with Crippen LogP contribution in [-0.2, 0) is 0 Å². The Balaban J connectivity index is 3.18.